The molecule has 118 valence electrons. The third-order valence-electron chi connectivity index (χ3n) is 3.78. The van der Waals surface area contributed by atoms with Gasteiger partial charge >= 0.3 is 0 Å². The van der Waals surface area contributed by atoms with Gasteiger partial charge in [-0.2, -0.15) is 0 Å². The molecule has 5 nitrogen and oxygen atoms in total. The molecule has 1 aliphatic carbocycles. The number of carbonyl (C=O) groups is 2. The number of nitrogens with zero attached hydrogens (tertiary/aromatic N) is 1. The molecule has 1 heterocycles. The van der Waals surface area contributed by atoms with E-state index in [4.69, 9.17) is 0 Å². The summed E-state index contributed by atoms with van der Waals surface area (Å²) < 4.78 is 0. The summed E-state index contributed by atoms with van der Waals surface area (Å²) in [6.07, 6.45) is 12.5. The number of nitrogens with one attached hydrogen (secondary N) is 2. The van der Waals surface area contributed by atoms with Crippen molar-refractivity contribution in [2.24, 2.45) is 5.92 Å². The Morgan fingerprint density at radius 2 is 2.00 bits per heavy atom. The Bertz CT molecular complexity index is 508. The van der Waals surface area contributed by atoms with Crippen LogP contribution in [0.3, 0.4) is 0 Å². The van der Waals surface area contributed by atoms with Gasteiger partial charge in [-0.05, 0) is 43.4 Å². The molecule has 0 atom stereocenters. The second-order valence-corrected chi connectivity index (χ2v) is 5.55. The Morgan fingerprint density at radius 3 is 2.73 bits per heavy atom. The van der Waals surface area contributed by atoms with Crippen LogP contribution in [-0.4, -0.2) is 29.9 Å². The minimum absolute atomic E-state index is 0.0505. The Kier molecular flexibility index (Phi) is 6.61. The monoisotopic (exact) mass is 301 g/mol. The summed E-state index contributed by atoms with van der Waals surface area (Å²) in [5.74, 6) is 0.385. The van der Waals surface area contributed by atoms with Crippen molar-refractivity contribution in [1.82, 2.24) is 15.6 Å². The Balaban J connectivity index is 1.55. The molecular weight excluding hydrogens is 278 g/mol. The quantitative estimate of drug-likeness (QED) is 0.598. The summed E-state index contributed by atoms with van der Waals surface area (Å²) in [5.41, 5.74) is 0.547. The molecule has 2 N–H and O–H groups in total. The van der Waals surface area contributed by atoms with Crippen molar-refractivity contribution in [3.63, 3.8) is 0 Å². The second-order valence-electron chi connectivity index (χ2n) is 5.55. The number of carbonyl (C=O) groups excluding carboxylic acids is 2. The van der Waals surface area contributed by atoms with Crippen LogP contribution in [0.5, 0.6) is 0 Å². The number of allylic oxidation sites excluding steroid dienone is 1. The third kappa shape index (κ3) is 5.68. The van der Waals surface area contributed by atoms with Crippen LogP contribution in [0.4, 0.5) is 0 Å². The summed E-state index contributed by atoms with van der Waals surface area (Å²) in [5, 5.41) is 5.63. The van der Waals surface area contributed by atoms with Gasteiger partial charge in [0.25, 0.3) is 5.91 Å². The maximum Gasteiger partial charge on any atom is 0.252 e. The molecule has 0 aliphatic heterocycles. The highest BCUT2D eigenvalue weighted by Gasteiger charge is 2.11. The normalized spacial score (nSPS) is 15.1. The van der Waals surface area contributed by atoms with E-state index >= 15 is 0 Å². The van der Waals surface area contributed by atoms with Gasteiger partial charge in [-0.1, -0.05) is 18.9 Å². The smallest absolute Gasteiger partial charge is 0.252 e. The van der Waals surface area contributed by atoms with Crippen LogP contribution in [0.2, 0.25) is 0 Å². The number of amides is 2. The van der Waals surface area contributed by atoms with Crippen LogP contribution in [0, 0.1) is 5.92 Å². The van der Waals surface area contributed by atoms with Crippen molar-refractivity contribution in [3.05, 3.63) is 42.2 Å². The molecule has 0 radical (unpaired) electrons. The van der Waals surface area contributed by atoms with Crippen molar-refractivity contribution in [1.29, 1.82) is 0 Å². The van der Waals surface area contributed by atoms with Crippen molar-refractivity contribution in [2.75, 3.05) is 13.1 Å². The fourth-order valence-electron chi connectivity index (χ4n) is 2.53. The van der Waals surface area contributed by atoms with Gasteiger partial charge < -0.3 is 10.6 Å². The Hall–Kier alpha value is -2.17. The molecule has 1 aromatic heterocycles. The highest BCUT2D eigenvalue weighted by atomic mass is 16.2. The van der Waals surface area contributed by atoms with E-state index in [1.165, 1.54) is 31.9 Å². The summed E-state index contributed by atoms with van der Waals surface area (Å²) in [6.45, 7) is 1.08. The predicted octanol–water partition coefficient (Wildman–Crippen LogP) is 2.06. The van der Waals surface area contributed by atoms with Crippen molar-refractivity contribution >= 4 is 11.8 Å². The first kappa shape index (κ1) is 16.2. The molecule has 0 aromatic carbocycles. The fourth-order valence-corrected chi connectivity index (χ4v) is 2.53. The molecule has 1 aliphatic rings. The lowest BCUT2D eigenvalue weighted by molar-refractivity contribution is -0.116. The van der Waals surface area contributed by atoms with Crippen LogP contribution < -0.4 is 10.6 Å². The minimum Gasteiger partial charge on any atom is -0.352 e. The average molecular weight is 301 g/mol. The van der Waals surface area contributed by atoms with Gasteiger partial charge in [0, 0.05) is 25.5 Å². The van der Waals surface area contributed by atoms with E-state index in [9.17, 15) is 9.59 Å². The maximum atomic E-state index is 11.7. The van der Waals surface area contributed by atoms with E-state index in [2.05, 4.69) is 15.6 Å². The summed E-state index contributed by atoms with van der Waals surface area (Å²) >= 11 is 0. The lowest BCUT2D eigenvalue weighted by atomic mass is 10.1. The lowest BCUT2D eigenvalue weighted by Gasteiger charge is -2.06. The topological polar surface area (TPSA) is 71.1 Å². The van der Waals surface area contributed by atoms with E-state index in [1.54, 1.807) is 24.4 Å². The van der Waals surface area contributed by atoms with Crippen LogP contribution in [0.25, 0.3) is 0 Å². The standard InChI is InChI=1S/C17H23N3O2/c21-16(9-8-14-5-1-2-6-14)19-11-4-12-20-17(22)15-7-3-10-18-13-15/h3,7-10,13-14H,1-2,4-6,11-12H2,(H,19,21)(H,20,22)/b9-8+. The maximum absolute atomic E-state index is 11.7. The van der Waals surface area contributed by atoms with E-state index in [0.29, 0.717) is 31.0 Å². The number of hydrogen-bond acceptors (Lipinski definition) is 3. The molecule has 1 aromatic rings. The molecule has 0 spiro atoms. The molecule has 2 amide bonds. The van der Waals surface area contributed by atoms with Crippen LogP contribution >= 0.6 is 0 Å². The third-order valence-corrected chi connectivity index (χ3v) is 3.78. The molecule has 0 saturated heterocycles. The minimum atomic E-state index is -0.138. The van der Waals surface area contributed by atoms with E-state index in [1.807, 2.05) is 6.08 Å². The van der Waals surface area contributed by atoms with Crippen molar-refractivity contribution in [3.8, 4) is 0 Å². The highest BCUT2D eigenvalue weighted by Crippen LogP contribution is 2.25. The van der Waals surface area contributed by atoms with Gasteiger partial charge in [0.05, 0.1) is 5.56 Å². The van der Waals surface area contributed by atoms with Crippen molar-refractivity contribution < 1.29 is 9.59 Å². The van der Waals surface area contributed by atoms with Gasteiger partial charge in [-0.15, -0.1) is 0 Å². The van der Waals surface area contributed by atoms with E-state index in [0.717, 1.165) is 0 Å². The first-order chi connectivity index (χ1) is 10.8. The molecule has 2 rings (SSSR count). The first-order valence-corrected chi connectivity index (χ1v) is 7.90. The first-order valence-electron chi connectivity index (χ1n) is 7.90. The summed E-state index contributed by atoms with van der Waals surface area (Å²) in [4.78, 5) is 27.3. The number of rotatable bonds is 7. The van der Waals surface area contributed by atoms with Gasteiger partial charge in [0.1, 0.15) is 0 Å². The lowest BCUT2D eigenvalue weighted by Crippen LogP contribution is -2.29. The van der Waals surface area contributed by atoms with Gasteiger partial charge in [-0.3, -0.25) is 14.6 Å². The average Bonchev–Trinajstić information content (AvgIpc) is 3.06. The largest absolute Gasteiger partial charge is 0.352 e. The van der Waals surface area contributed by atoms with E-state index < -0.39 is 0 Å². The SMILES string of the molecule is O=C(/C=C/C1CCCC1)NCCCNC(=O)c1cccnc1. The zero-order valence-electron chi connectivity index (χ0n) is 12.8. The van der Waals surface area contributed by atoms with Crippen LogP contribution in [0.1, 0.15) is 42.5 Å². The molecule has 0 bridgehead atoms. The second kappa shape index (κ2) is 8.97. The highest BCUT2D eigenvalue weighted by molar-refractivity contribution is 5.93. The summed E-state index contributed by atoms with van der Waals surface area (Å²) in [6, 6.07) is 3.45. The number of aromatic nitrogens is 1. The number of pyridine rings is 1. The van der Waals surface area contributed by atoms with Crippen LogP contribution in [-0.2, 0) is 4.79 Å². The number of hydrogen-bond donors (Lipinski definition) is 2. The summed E-state index contributed by atoms with van der Waals surface area (Å²) in [7, 11) is 0. The van der Waals surface area contributed by atoms with Crippen LogP contribution in [0.15, 0.2) is 36.7 Å². The molecule has 0 unspecified atom stereocenters. The molecule has 5 heteroatoms. The van der Waals surface area contributed by atoms with Crippen molar-refractivity contribution in [2.45, 2.75) is 32.1 Å². The molecule has 1 fully saturated rings. The van der Waals surface area contributed by atoms with Gasteiger partial charge in [-0.25, -0.2) is 0 Å². The zero-order valence-corrected chi connectivity index (χ0v) is 12.8. The Morgan fingerprint density at radius 1 is 1.23 bits per heavy atom. The predicted molar refractivity (Wildman–Crippen MR) is 85.3 cm³/mol. The molecule has 22 heavy (non-hydrogen) atoms. The molecule has 1 saturated carbocycles. The fraction of sp³-hybridized carbons (Fsp3) is 0.471. The van der Waals surface area contributed by atoms with Gasteiger partial charge in [0.15, 0.2) is 0 Å². The van der Waals surface area contributed by atoms with E-state index in [-0.39, 0.29) is 11.8 Å². The van der Waals surface area contributed by atoms with Gasteiger partial charge in [0.2, 0.25) is 5.91 Å². The zero-order chi connectivity index (χ0) is 15.6. The Labute approximate surface area is 131 Å². The molecular formula is C17H23N3O2.